The summed E-state index contributed by atoms with van der Waals surface area (Å²) in [4.78, 5) is 0. The van der Waals surface area contributed by atoms with Crippen molar-refractivity contribution in [2.45, 2.75) is 52.0 Å². The van der Waals surface area contributed by atoms with Gasteiger partial charge in [0.15, 0.2) is 0 Å². The van der Waals surface area contributed by atoms with Gasteiger partial charge in [0.05, 0.1) is 8.67 Å². The number of nitrogens with one attached hydrogen (secondary N) is 1. The Bertz CT molecular complexity index is 412. The van der Waals surface area contributed by atoms with E-state index in [1.165, 1.54) is 36.2 Å². The van der Waals surface area contributed by atoms with Gasteiger partial charge in [0.2, 0.25) is 0 Å². The topological polar surface area (TPSA) is 12.0 Å². The maximum absolute atomic E-state index is 6.33. The van der Waals surface area contributed by atoms with E-state index in [2.05, 4.69) is 32.2 Å². The van der Waals surface area contributed by atoms with Crippen LogP contribution in [0.3, 0.4) is 0 Å². The summed E-state index contributed by atoms with van der Waals surface area (Å²) in [5.74, 6) is 0.563. The molecule has 0 bridgehead atoms. The largest absolute Gasteiger partial charge is 0.314 e. The van der Waals surface area contributed by atoms with Gasteiger partial charge in [-0.1, -0.05) is 44.0 Å². The molecule has 1 aromatic heterocycles. The van der Waals surface area contributed by atoms with Gasteiger partial charge in [-0.25, -0.2) is 0 Å². The fraction of sp³-hybridized carbons (Fsp3) is 0.714. The summed E-state index contributed by atoms with van der Waals surface area (Å²) in [5.41, 5.74) is 1.62. The predicted molar refractivity (Wildman–Crippen MR) is 82.2 cm³/mol. The molecule has 2 rings (SSSR count). The molecular weight excluding hydrogens is 285 g/mol. The van der Waals surface area contributed by atoms with Crippen LogP contribution in [-0.2, 0) is 0 Å². The Hall–Kier alpha value is 0.240. The first-order valence-corrected chi connectivity index (χ1v) is 8.34. The van der Waals surface area contributed by atoms with Gasteiger partial charge in [-0.05, 0) is 48.8 Å². The van der Waals surface area contributed by atoms with E-state index in [1.807, 2.05) is 0 Å². The van der Waals surface area contributed by atoms with Crippen molar-refractivity contribution in [2.24, 2.45) is 5.41 Å². The lowest BCUT2D eigenvalue weighted by atomic mass is 9.52. The quantitative estimate of drug-likeness (QED) is 0.775. The fourth-order valence-electron chi connectivity index (χ4n) is 3.58. The van der Waals surface area contributed by atoms with Gasteiger partial charge < -0.3 is 5.32 Å². The van der Waals surface area contributed by atoms with E-state index in [0.29, 0.717) is 17.4 Å². The average Bonchev–Trinajstić information content (AvgIpc) is 2.65. The molecule has 0 spiro atoms. The molecule has 2 unspecified atom stereocenters. The Morgan fingerprint density at radius 2 is 2.00 bits per heavy atom. The third-order valence-corrected chi connectivity index (χ3v) is 6.20. The van der Waals surface area contributed by atoms with Crippen molar-refractivity contribution in [1.82, 2.24) is 5.32 Å². The van der Waals surface area contributed by atoms with E-state index in [4.69, 9.17) is 23.2 Å². The van der Waals surface area contributed by atoms with Gasteiger partial charge in [0.25, 0.3) is 0 Å². The van der Waals surface area contributed by atoms with Crippen molar-refractivity contribution in [2.75, 3.05) is 6.54 Å². The SMILES string of the molecule is CCNC1CC(c2cc(Cl)sc2Cl)C1(CC)CC. The second kappa shape index (κ2) is 5.70. The van der Waals surface area contributed by atoms with Crippen LogP contribution < -0.4 is 5.32 Å². The Labute approximate surface area is 124 Å². The van der Waals surface area contributed by atoms with Crippen molar-refractivity contribution in [3.05, 3.63) is 20.3 Å². The minimum absolute atomic E-state index is 0.351. The highest BCUT2D eigenvalue weighted by Gasteiger charge is 2.53. The number of halogens is 2. The van der Waals surface area contributed by atoms with Crippen LogP contribution in [0.4, 0.5) is 0 Å². The van der Waals surface area contributed by atoms with Gasteiger partial charge >= 0.3 is 0 Å². The highest BCUT2D eigenvalue weighted by atomic mass is 35.5. The summed E-state index contributed by atoms with van der Waals surface area (Å²) in [6.45, 7) is 7.80. The zero-order chi connectivity index (χ0) is 13.3. The lowest BCUT2D eigenvalue weighted by Crippen LogP contribution is -2.58. The molecule has 1 aliphatic carbocycles. The Morgan fingerprint density at radius 1 is 1.33 bits per heavy atom. The molecule has 1 nitrogen and oxygen atoms in total. The van der Waals surface area contributed by atoms with E-state index >= 15 is 0 Å². The molecule has 18 heavy (non-hydrogen) atoms. The standard InChI is InChI=1S/C14H21Cl2NS/c1-4-14(5-2)10(8-11(14)17-6-3)9-7-12(15)18-13(9)16/h7,10-11,17H,4-6,8H2,1-3H3. The van der Waals surface area contributed by atoms with Crippen molar-refractivity contribution < 1.29 is 0 Å². The monoisotopic (exact) mass is 305 g/mol. The highest BCUT2D eigenvalue weighted by Crippen LogP contribution is 2.59. The lowest BCUT2D eigenvalue weighted by Gasteiger charge is -2.56. The Morgan fingerprint density at radius 3 is 2.44 bits per heavy atom. The third-order valence-electron chi connectivity index (χ3n) is 4.68. The van der Waals surface area contributed by atoms with Gasteiger partial charge in [-0.2, -0.15) is 0 Å². The van der Waals surface area contributed by atoms with E-state index < -0.39 is 0 Å². The smallest absolute Gasteiger partial charge is 0.0979 e. The minimum atomic E-state index is 0.351. The average molecular weight is 306 g/mol. The first-order valence-electron chi connectivity index (χ1n) is 6.77. The van der Waals surface area contributed by atoms with E-state index in [-0.39, 0.29) is 0 Å². The molecule has 1 aliphatic rings. The Balaban J connectivity index is 2.27. The summed E-state index contributed by atoms with van der Waals surface area (Å²) in [7, 11) is 0. The molecule has 1 fully saturated rings. The van der Waals surface area contributed by atoms with Crippen LogP contribution in [0.15, 0.2) is 6.07 Å². The molecule has 0 aliphatic heterocycles. The molecular formula is C14H21Cl2NS. The highest BCUT2D eigenvalue weighted by molar-refractivity contribution is 7.20. The minimum Gasteiger partial charge on any atom is -0.314 e. The summed E-state index contributed by atoms with van der Waals surface area (Å²) >= 11 is 13.9. The molecule has 0 amide bonds. The van der Waals surface area contributed by atoms with Crippen LogP contribution in [0.2, 0.25) is 8.67 Å². The number of rotatable bonds is 5. The first-order chi connectivity index (χ1) is 8.58. The predicted octanol–water partition coefficient (Wildman–Crippen LogP) is 5.33. The number of hydrogen-bond donors (Lipinski definition) is 1. The molecule has 1 heterocycles. The molecule has 4 heteroatoms. The zero-order valence-electron chi connectivity index (χ0n) is 11.2. The maximum Gasteiger partial charge on any atom is 0.0979 e. The summed E-state index contributed by atoms with van der Waals surface area (Å²) in [6, 6.07) is 2.69. The molecule has 1 N–H and O–H groups in total. The van der Waals surface area contributed by atoms with Crippen LogP contribution in [0, 0.1) is 5.41 Å². The van der Waals surface area contributed by atoms with Crippen LogP contribution in [-0.4, -0.2) is 12.6 Å². The van der Waals surface area contributed by atoms with E-state index in [9.17, 15) is 0 Å². The van der Waals surface area contributed by atoms with Crippen molar-refractivity contribution in [3.63, 3.8) is 0 Å². The van der Waals surface area contributed by atoms with Crippen LogP contribution in [0.25, 0.3) is 0 Å². The summed E-state index contributed by atoms with van der Waals surface area (Å²) in [5, 5.41) is 3.63. The normalized spacial score (nSPS) is 26.1. The molecule has 0 aromatic carbocycles. The van der Waals surface area contributed by atoms with Gasteiger partial charge in [0.1, 0.15) is 0 Å². The third kappa shape index (κ3) is 2.22. The summed E-state index contributed by atoms with van der Waals surface area (Å²) in [6.07, 6.45) is 3.56. The van der Waals surface area contributed by atoms with Gasteiger partial charge in [0, 0.05) is 6.04 Å². The van der Waals surface area contributed by atoms with Crippen LogP contribution in [0.5, 0.6) is 0 Å². The van der Waals surface area contributed by atoms with Crippen LogP contribution >= 0.6 is 34.5 Å². The van der Waals surface area contributed by atoms with Crippen molar-refractivity contribution in [1.29, 1.82) is 0 Å². The van der Waals surface area contributed by atoms with Crippen molar-refractivity contribution in [3.8, 4) is 0 Å². The van der Waals surface area contributed by atoms with Gasteiger partial charge in [-0.3, -0.25) is 0 Å². The Kier molecular flexibility index (Phi) is 4.64. The van der Waals surface area contributed by atoms with Gasteiger partial charge in [-0.15, -0.1) is 11.3 Å². The van der Waals surface area contributed by atoms with Crippen LogP contribution in [0.1, 0.15) is 51.5 Å². The molecule has 102 valence electrons. The molecule has 2 atom stereocenters. The van der Waals surface area contributed by atoms with E-state index in [0.717, 1.165) is 15.2 Å². The number of hydrogen-bond acceptors (Lipinski definition) is 2. The first kappa shape index (κ1) is 14.6. The molecule has 0 saturated heterocycles. The lowest BCUT2D eigenvalue weighted by molar-refractivity contribution is 0.0213. The number of thiophene rings is 1. The molecule has 1 aromatic rings. The fourth-order valence-corrected chi connectivity index (χ4v) is 5.16. The summed E-state index contributed by atoms with van der Waals surface area (Å²) < 4.78 is 1.69. The molecule has 0 radical (unpaired) electrons. The molecule has 1 saturated carbocycles. The second-order valence-corrected chi connectivity index (χ2v) is 7.40. The van der Waals surface area contributed by atoms with E-state index in [1.54, 1.807) is 0 Å². The maximum atomic E-state index is 6.33. The zero-order valence-corrected chi connectivity index (χ0v) is 13.6. The van der Waals surface area contributed by atoms with Crippen molar-refractivity contribution >= 4 is 34.5 Å². The second-order valence-electron chi connectivity index (χ2n) is 5.12.